The van der Waals surface area contributed by atoms with Gasteiger partial charge in [-0.1, -0.05) is 6.07 Å². The van der Waals surface area contributed by atoms with Crippen LogP contribution in [0.1, 0.15) is 22.2 Å². The van der Waals surface area contributed by atoms with E-state index in [0.29, 0.717) is 29.3 Å². The SMILES string of the molecule is COc1cccc(NC(=O)COc2ccc(C(=O)NC[C@@H](c3ccco3)N(C)C)cc2)c1. The maximum Gasteiger partial charge on any atom is 0.262 e. The van der Waals surface area contributed by atoms with E-state index < -0.39 is 0 Å². The van der Waals surface area contributed by atoms with E-state index in [-0.39, 0.29) is 24.5 Å². The van der Waals surface area contributed by atoms with Crippen molar-refractivity contribution < 1.29 is 23.5 Å². The Labute approximate surface area is 187 Å². The number of methoxy groups -OCH3 is 1. The molecular formula is C24H27N3O5. The Kier molecular flexibility index (Phi) is 7.88. The quantitative estimate of drug-likeness (QED) is 0.505. The smallest absolute Gasteiger partial charge is 0.262 e. The number of carbonyl (C=O) groups is 2. The number of carbonyl (C=O) groups excluding carboxylic acids is 2. The molecule has 0 unspecified atom stereocenters. The van der Waals surface area contributed by atoms with E-state index in [1.165, 1.54) is 0 Å². The third kappa shape index (κ3) is 6.36. The van der Waals surface area contributed by atoms with E-state index in [1.807, 2.05) is 31.1 Å². The monoisotopic (exact) mass is 437 g/mol. The van der Waals surface area contributed by atoms with Crippen molar-refractivity contribution in [3.8, 4) is 11.5 Å². The number of hydrogen-bond donors (Lipinski definition) is 2. The number of nitrogens with one attached hydrogen (secondary N) is 2. The molecule has 3 rings (SSSR count). The van der Waals surface area contributed by atoms with Crippen LogP contribution in [0.25, 0.3) is 0 Å². The molecule has 2 aromatic carbocycles. The van der Waals surface area contributed by atoms with Crippen molar-refractivity contribution >= 4 is 17.5 Å². The number of furan rings is 1. The molecule has 0 fully saturated rings. The number of hydrogen-bond acceptors (Lipinski definition) is 6. The summed E-state index contributed by atoms with van der Waals surface area (Å²) in [4.78, 5) is 26.6. The molecule has 0 spiro atoms. The molecule has 0 saturated heterocycles. The maximum absolute atomic E-state index is 12.5. The van der Waals surface area contributed by atoms with Crippen molar-refractivity contribution in [1.82, 2.24) is 10.2 Å². The third-order valence-corrected chi connectivity index (χ3v) is 4.79. The number of benzene rings is 2. The van der Waals surface area contributed by atoms with Crippen LogP contribution >= 0.6 is 0 Å². The summed E-state index contributed by atoms with van der Waals surface area (Å²) in [6.45, 7) is 0.248. The predicted molar refractivity (Wildman–Crippen MR) is 121 cm³/mol. The fourth-order valence-corrected chi connectivity index (χ4v) is 3.06. The average Bonchev–Trinajstić information content (AvgIpc) is 3.32. The van der Waals surface area contributed by atoms with Crippen molar-refractivity contribution in [2.45, 2.75) is 6.04 Å². The molecule has 2 amide bonds. The first kappa shape index (κ1) is 22.9. The number of nitrogens with zero attached hydrogens (tertiary/aromatic N) is 1. The van der Waals surface area contributed by atoms with Crippen LogP contribution < -0.4 is 20.1 Å². The zero-order chi connectivity index (χ0) is 22.9. The molecule has 168 valence electrons. The molecule has 1 heterocycles. The summed E-state index contributed by atoms with van der Waals surface area (Å²) in [5, 5.41) is 5.66. The Morgan fingerprint density at radius 1 is 1.03 bits per heavy atom. The lowest BCUT2D eigenvalue weighted by molar-refractivity contribution is -0.118. The minimum absolute atomic E-state index is 0.0698. The van der Waals surface area contributed by atoms with Crippen LogP contribution in [0.2, 0.25) is 0 Å². The highest BCUT2D eigenvalue weighted by Crippen LogP contribution is 2.19. The van der Waals surface area contributed by atoms with Gasteiger partial charge in [0.2, 0.25) is 0 Å². The van der Waals surface area contributed by atoms with Crippen LogP contribution in [-0.4, -0.2) is 51.1 Å². The van der Waals surface area contributed by atoms with Crippen molar-refractivity contribution in [3.63, 3.8) is 0 Å². The standard InChI is InChI=1S/C24H27N3O5/c1-27(2)21(22-8-5-13-31-22)15-25-24(29)17-9-11-19(12-10-17)32-16-23(28)26-18-6-4-7-20(14-18)30-3/h4-14,21H,15-16H2,1-3H3,(H,25,29)(H,26,28)/t21-/m0/s1. The van der Waals surface area contributed by atoms with Gasteiger partial charge in [0, 0.05) is 23.9 Å². The lowest BCUT2D eigenvalue weighted by atomic mass is 10.1. The first-order valence-corrected chi connectivity index (χ1v) is 10.1. The van der Waals surface area contributed by atoms with Gasteiger partial charge >= 0.3 is 0 Å². The van der Waals surface area contributed by atoms with Crippen LogP contribution in [0.3, 0.4) is 0 Å². The van der Waals surface area contributed by atoms with Crippen molar-refractivity contribution in [2.75, 3.05) is 39.7 Å². The molecule has 8 heteroatoms. The maximum atomic E-state index is 12.5. The Morgan fingerprint density at radius 2 is 1.81 bits per heavy atom. The molecule has 0 aliphatic rings. The Balaban J connectivity index is 1.48. The number of ether oxygens (including phenoxy) is 2. The topological polar surface area (TPSA) is 93.0 Å². The van der Waals surface area contributed by atoms with Crippen LogP contribution in [-0.2, 0) is 4.79 Å². The van der Waals surface area contributed by atoms with E-state index in [9.17, 15) is 9.59 Å². The van der Waals surface area contributed by atoms with Gasteiger partial charge < -0.3 is 24.5 Å². The first-order valence-electron chi connectivity index (χ1n) is 10.1. The molecule has 2 N–H and O–H groups in total. The fourth-order valence-electron chi connectivity index (χ4n) is 3.06. The average molecular weight is 437 g/mol. The van der Waals surface area contributed by atoms with Gasteiger partial charge in [0.15, 0.2) is 6.61 Å². The second-order valence-corrected chi connectivity index (χ2v) is 7.30. The second kappa shape index (κ2) is 11.0. The van der Waals surface area contributed by atoms with E-state index >= 15 is 0 Å². The van der Waals surface area contributed by atoms with Crippen molar-refractivity contribution in [3.05, 3.63) is 78.3 Å². The summed E-state index contributed by atoms with van der Waals surface area (Å²) in [6, 6.07) is 17.3. The number of anilines is 1. The second-order valence-electron chi connectivity index (χ2n) is 7.30. The molecule has 1 atom stereocenters. The first-order chi connectivity index (χ1) is 15.5. The highest BCUT2D eigenvalue weighted by Gasteiger charge is 2.18. The van der Waals surface area contributed by atoms with Crippen molar-refractivity contribution in [2.24, 2.45) is 0 Å². The van der Waals surface area contributed by atoms with Gasteiger partial charge in [-0.3, -0.25) is 14.5 Å². The highest BCUT2D eigenvalue weighted by molar-refractivity contribution is 5.94. The van der Waals surface area contributed by atoms with Gasteiger partial charge in [0.25, 0.3) is 11.8 Å². The summed E-state index contributed by atoms with van der Waals surface area (Å²) in [5.74, 6) is 1.42. The van der Waals surface area contributed by atoms with Gasteiger partial charge in [-0.05, 0) is 62.6 Å². The molecule has 1 aromatic heterocycles. The number of rotatable bonds is 10. The minimum atomic E-state index is -0.298. The summed E-state index contributed by atoms with van der Waals surface area (Å²) < 4.78 is 16.1. The summed E-state index contributed by atoms with van der Waals surface area (Å²) in [5.41, 5.74) is 1.12. The summed E-state index contributed by atoms with van der Waals surface area (Å²) in [7, 11) is 5.42. The minimum Gasteiger partial charge on any atom is -0.497 e. The molecule has 0 aliphatic heterocycles. The van der Waals surface area contributed by atoms with E-state index in [4.69, 9.17) is 13.9 Å². The Bertz CT molecular complexity index is 1020. The van der Waals surface area contributed by atoms with E-state index in [1.54, 1.807) is 61.9 Å². The number of amides is 2. The van der Waals surface area contributed by atoms with Gasteiger partial charge in [-0.2, -0.15) is 0 Å². The molecule has 0 bridgehead atoms. The molecule has 0 aliphatic carbocycles. The highest BCUT2D eigenvalue weighted by atomic mass is 16.5. The van der Waals surface area contributed by atoms with Gasteiger partial charge in [0.05, 0.1) is 19.4 Å². The predicted octanol–water partition coefficient (Wildman–Crippen LogP) is 3.34. The van der Waals surface area contributed by atoms with Crippen LogP contribution in [0, 0.1) is 0 Å². The van der Waals surface area contributed by atoms with Gasteiger partial charge in [-0.25, -0.2) is 0 Å². The third-order valence-electron chi connectivity index (χ3n) is 4.79. The molecule has 0 radical (unpaired) electrons. The van der Waals surface area contributed by atoms with E-state index in [2.05, 4.69) is 10.6 Å². The summed E-state index contributed by atoms with van der Waals surface area (Å²) in [6.07, 6.45) is 1.61. The van der Waals surface area contributed by atoms with Crippen molar-refractivity contribution in [1.29, 1.82) is 0 Å². The fraction of sp³-hybridized carbons (Fsp3) is 0.250. The summed E-state index contributed by atoms with van der Waals surface area (Å²) >= 11 is 0. The van der Waals surface area contributed by atoms with Crippen LogP contribution in [0.15, 0.2) is 71.3 Å². The van der Waals surface area contributed by atoms with Gasteiger partial charge in [-0.15, -0.1) is 0 Å². The molecule has 8 nitrogen and oxygen atoms in total. The van der Waals surface area contributed by atoms with Crippen LogP contribution in [0.5, 0.6) is 11.5 Å². The van der Waals surface area contributed by atoms with Gasteiger partial charge in [0.1, 0.15) is 17.3 Å². The van der Waals surface area contributed by atoms with Crippen LogP contribution in [0.4, 0.5) is 5.69 Å². The Hall–Kier alpha value is -3.78. The largest absolute Gasteiger partial charge is 0.497 e. The zero-order valence-corrected chi connectivity index (χ0v) is 18.3. The lowest BCUT2D eigenvalue weighted by Crippen LogP contribution is -2.34. The normalized spacial score (nSPS) is 11.6. The number of likely N-dealkylation sites (N-methyl/N-ethyl adjacent to an activating group) is 1. The molecule has 32 heavy (non-hydrogen) atoms. The molecule has 0 saturated carbocycles. The Morgan fingerprint density at radius 3 is 2.47 bits per heavy atom. The molecular weight excluding hydrogens is 410 g/mol. The van der Waals surface area contributed by atoms with E-state index in [0.717, 1.165) is 5.76 Å². The molecule has 3 aromatic rings. The zero-order valence-electron chi connectivity index (χ0n) is 18.3. The lowest BCUT2D eigenvalue weighted by Gasteiger charge is -2.22.